The molecule has 0 spiro atoms. The Hall–Kier alpha value is -1.57. The van der Waals surface area contributed by atoms with Gasteiger partial charge >= 0.3 is 6.03 Å². The van der Waals surface area contributed by atoms with Gasteiger partial charge in [0.15, 0.2) is 11.0 Å². The van der Waals surface area contributed by atoms with Crippen molar-refractivity contribution < 1.29 is 4.79 Å². The lowest BCUT2D eigenvalue weighted by Gasteiger charge is -2.10. The molecule has 0 atom stereocenters. The van der Waals surface area contributed by atoms with Gasteiger partial charge in [0, 0.05) is 16.0 Å². The van der Waals surface area contributed by atoms with Gasteiger partial charge in [0.2, 0.25) is 0 Å². The number of nitrogens with one attached hydrogen (secondary N) is 3. The van der Waals surface area contributed by atoms with Crippen molar-refractivity contribution in [1.29, 1.82) is 0 Å². The van der Waals surface area contributed by atoms with Crippen LogP contribution < -0.4 is 16.2 Å². The lowest BCUT2D eigenvalue weighted by atomic mass is 10.2. The molecular formula is C12H10BrCl2N5O. The zero-order valence-corrected chi connectivity index (χ0v) is 13.6. The predicted octanol–water partition coefficient (Wildman–Crippen LogP) is 3.37. The molecule has 0 unspecified atom stereocenters. The Morgan fingerprint density at radius 1 is 1.19 bits per heavy atom. The maximum atomic E-state index is 11.6. The van der Waals surface area contributed by atoms with Gasteiger partial charge in [0.1, 0.15) is 0 Å². The zero-order valence-electron chi connectivity index (χ0n) is 10.5. The summed E-state index contributed by atoms with van der Waals surface area (Å²) in [4.78, 5) is 11.6. The average Bonchev–Trinajstić information content (AvgIpc) is 2.46. The Morgan fingerprint density at radius 3 is 2.67 bits per heavy atom. The van der Waals surface area contributed by atoms with E-state index >= 15 is 0 Å². The Bertz CT molecular complexity index is 638. The van der Waals surface area contributed by atoms with Crippen LogP contribution in [0.15, 0.2) is 34.8 Å². The van der Waals surface area contributed by atoms with Crippen LogP contribution in [0.3, 0.4) is 0 Å². The first kappa shape index (κ1) is 15.8. The van der Waals surface area contributed by atoms with Crippen LogP contribution in [-0.2, 0) is 6.54 Å². The number of carbonyl (C=O) groups is 1. The largest absolute Gasteiger partial charge is 0.333 e. The normalized spacial score (nSPS) is 10.0. The van der Waals surface area contributed by atoms with E-state index < -0.39 is 6.03 Å². The number of halogens is 3. The summed E-state index contributed by atoms with van der Waals surface area (Å²) in [6.07, 6.45) is 0. The third-order valence-electron chi connectivity index (χ3n) is 2.39. The van der Waals surface area contributed by atoms with Gasteiger partial charge in [-0.3, -0.25) is 10.9 Å². The number of amides is 2. The van der Waals surface area contributed by atoms with E-state index in [0.717, 1.165) is 10.0 Å². The van der Waals surface area contributed by atoms with Gasteiger partial charge in [-0.15, -0.1) is 10.2 Å². The van der Waals surface area contributed by atoms with E-state index in [4.69, 9.17) is 23.2 Å². The minimum Gasteiger partial charge on any atom is -0.333 e. The molecule has 0 bridgehead atoms. The van der Waals surface area contributed by atoms with Crippen molar-refractivity contribution in [2.24, 2.45) is 0 Å². The van der Waals surface area contributed by atoms with Gasteiger partial charge in [0.25, 0.3) is 0 Å². The van der Waals surface area contributed by atoms with E-state index in [1.54, 1.807) is 18.2 Å². The maximum Gasteiger partial charge on any atom is 0.333 e. The molecule has 2 amide bonds. The second-order valence-corrected chi connectivity index (χ2v) is 5.62. The third-order valence-corrected chi connectivity index (χ3v) is 3.44. The molecule has 1 aromatic carbocycles. The van der Waals surface area contributed by atoms with Gasteiger partial charge in [0.05, 0.1) is 0 Å². The fourth-order valence-electron chi connectivity index (χ4n) is 1.39. The highest BCUT2D eigenvalue weighted by atomic mass is 79.9. The smallest absolute Gasteiger partial charge is 0.333 e. The fraction of sp³-hybridized carbons (Fsp3) is 0.0833. The molecule has 2 rings (SSSR count). The number of benzene rings is 1. The topological polar surface area (TPSA) is 78.9 Å². The van der Waals surface area contributed by atoms with Crippen LogP contribution in [0.1, 0.15) is 5.56 Å². The van der Waals surface area contributed by atoms with Gasteiger partial charge in [-0.1, -0.05) is 45.2 Å². The third kappa shape index (κ3) is 5.04. The molecule has 0 saturated heterocycles. The Balaban J connectivity index is 1.80. The van der Waals surface area contributed by atoms with Crippen LogP contribution >= 0.6 is 39.1 Å². The van der Waals surface area contributed by atoms with Crippen LogP contribution in [-0.4, -0.2) is 16.2 Å². The molecule has 9 heteroatoms. The molecule has 1 heterocycles. The number of carbonyl (C=O) groups excluding carboxylic acids is 1. The van der Waals surface area contributed by atoms with Crippen LogP contribution in [0.25, 0.3) is 0 Å². The van der Waals surface area contributed by atoms with Crippen LogP contribution in [0.5, 0.6) is 0 Å². The highest BCUT2D eigenvalue weighted by Crippen LogP contribution is 2.21. The van der Waals surface area contributed by atoms with Crippen LogP contribution in [0.2, 0.25) is 10.2 Å². The summed E-state index contributed by atoms with van der Waals surface area (Å²) >= 11 is 15.0. The number of hydrogen-bond donors (Lipinski definition) is 3. The van der Waals surface area contributed by atoms with E-state index in [9.17, 15) is 4.79 Å². The molecular weight excluding hydrogens is 381 g/mol. The van der Waals surface area contributed by atoms with E-state index in [2.05, 4.69) is 42.3 Å². The Kier molecular flexibility index (Phi) is 5.60. The lowest BCUT2D eigenvalue weighted by molar-refractivity contribution is 0.242. The Labute approximate surface area is 139 Å². The number of nitrogens with zero attached hydrogens (tertiary/aromatic N) is 2. The number of hydrazine groups is 1. The number of anilines is 1. The highest BCUT2D eigenvalue weighted by Gasteiger charge is 2.04. The van der Waals surface area contributed by atoms with Crippen molar-refractivity contribution in [2.75, 3.05) is 5.43 Å². The van der Waals surface area contributed by atoms with Gasteiger partial charge < -0.3 is 5.32 Å². The highest BCUT2D eigenvalue weighted by molar-refractivity contribution is 9.10. The molecule has 0 aliphatic heterocycles. The fourth-order valence-corrected chi connectivity index (χ4v) is 2.23. The van der Waals surface area contributed by atoms with Crippen molar-refractivity contribution >= 4 is 51.0 Å². The second kappa shape index (κ2) is 7.44. The first-order valence-corrected chi connectivity index (χ1v) is 7.32. The average molecular weight is 391 g/mol. The molecule has 0 fully saturated rings. The predicted molar refractivity (Wildman–Crippen MR) is 85.2 cm³/mol. The van der Waals surface area contributed by atoms with Gasteiger partial charge in [-0.2, -0.15) is 0 Å². The summed E-state index contributed by atoms with van der Waals surface area (Å²) in [5, 5.41) is 10.9. The molecule has 21 heavy (non-hydrogen) atoms. The Morgan fingerprint density at radius 2 is 2.00 bits per heavy atom. The molecule has 0 aliphatic carbocycles. The van der Waals surface area contributed by atoms with Crippen molar-refractivity contribution in [3.05, 3.63) is 50.5 Å². The number of hydrogen-bond acceptors (Lipinski definition) is 4. The molecule has 2 aromatic rings. The second-order valence-electron chi connectivity index (χ2n) is 3.91. The standard InChI is InChI=1S/C12H10BrCl2N5O/c13-8-2-1-7(9(14)5-8)6-16-12(21)20-19-11-4-3-10(15)17-18-11/h1-5H,6H2,(H,18,19)(H2,16,20,21). The zero-order chi connectivity index (χ0) is 15.2. The number of urea groups is 1. The SMILES string of the molecule is O=C(NCc1ccc(Br)cc1Cl)NNc1ccc(Cl)nn1. The molecule has 0 radical (unpaired) electrons. The lowest BCUT2D eigenvalue weighted by Crippen LogP contribution is -2.38. The quantitative estimate of drug-likeness (QED) is 0.699. The van der Waals surface area contributed by atoms with Crippen LogP contribution in [0.4, 0.5) is 10.6 Å². The summed E-state index contributed by atoms with van der Waals surface area (Å²) in [5.74, 6) is 0.372. The molecule has 0 aliphatic rings. The molecule has 3 N–H and O–H groups in total. The van der Waals surface area contributed by atoms with Crippen molar-refractivity contribution in [3.8, 4) is 0 Å². The molecule has 6 nitrogen and oxygen atoms in total. The number of rotatable bonds is 4. The van der Waals surface area contributed by atoms with E-state index in [1.807, 2.05) is 12.1 Å². The minimum atomic E-state index is -0.425. The minimum absolute atomic E-state index is 0.273. The number of aromatic nitrogens is 2. The monoisotopic (exact) mass is 389 g/mol. The van der Waals surface area contributed by atoms with E-state index in [-0.39, 0.29) is 5.15 Å². The van der Waals surface area contributed by atoms with E-state index in [0.29, 0.717) is 17.4 Å². The van der Waals surface area contributed by atoms with E-state index in [1.165, 1.54) is 0 Å². The molecule has 110 valence electrons. The van der Waals surface area contributed by atoms with Gasteiger partial charge in [-0.25, -0.2) is 4.79 Å². The van der Waals surface area contributed by atoms with Crippen LogP contribution in [0, 0.1) is 0 Å². The van der Waals surface area contributed by atoms with Gasteiger partial charge in [-0.05, 0) is 29.8 Å². The van der Waals surface area contributed by atoms with Crippen molar-refractivity contribution in [3.63, 3.8) is 0 Å². The summed E-state index contributed by atoms with van der Waals surface area (Å²) in [7, 11) is 0. The first-order valence-electron chi connectivity index (χ1n) is 5.77. The summed E-state index contributed by atoms with van der Waals surface area (Å²) in [6, 6.07) is 8.15. The van der Waals surface area contributed by atoms with Crippen molar-refractivity contribution in [1.82, 2.24) is 20.9 Å². The van der Waals surface area contributed by atoms with Crippen molar-refractivity contribution in [2.45, 2.75) is 6.54 Å². The summed E-state index contributed by atoms with van der Waals surface area (Å²) in [5.41, 5.74) is 5.83. The first-order chi connectivity index (χ1) is 10.0. The molecule has 1 aromatic heterocycles. The summed E-state index contributed by atoms with van der Waals surface area (Å²) in [6.45, 7) is 0.298. The maximum absolute atomic E-state index is 11.6. The summed E-state index contributed by atoms with van der Waals surface area (Å²) < 4.78 is 0.878. The molecule has 0 saturated carbocycles.